The Kier molecular flexibility index (Phi) is 3.03. The number of hydrogen-bond acceptors (Lipinski definition) is 2. The molecule has 1 saturated carbocycles. The van der Waals surface area contributed by atoms with Crippen molar-refractivity contribution < 1.29 is 9.53 Å². The molecule has 0 aromatic rings. The molecule has 0 spiro atoms. The summed E-state index contributed by atoms with van der Waals surface area (Å²) < 4.78 is 5.35. The third-order valence-corrected chi connectivity index (χ3v) is 4.57. The maximum absolute atomic E-state index is 11.7. The average Bonchev–Trinajstić information content (AvgIpc) is 2.52. The summed E-state index contributed by atoms with van der Waals surface area (Å²) in [5.41, 5.74) is 0. The summed E-state index contributed by atoms with van der Waals surface area (Å²) in [5, 5.41) is 0. The fourth-order valence-corrected chi connectivity index (χ4v) is 3.55. The monoisotopic (exact) mass is 210 g/mol. The molecule has 5 atom stereocenters. The number of carbonyl (C=O) groups excluding carboxylic acids is 1. The normalized spacial score (nSPS) is 45.0. The highest BCUT2D eigenvalue weighted by Crippen LogP contribution is 2.46. The van der Waals surface area contributed by atoms with Gasteiger partial charge in [-0.15, -0.1) is 0 Å². The van der Waals surface area contributed by atoms with Crippen molar-refractivity contribution in [1.82, 2.24) is 0 Å². The van der Waals surface area contributed by atoms with Gasteiger partial charge in [0.05, 0.1) is 5.92 Å². The Morgan fingerprint density at radius 3 is 2.40 bits per heavy atom. The van der Waals surface area contributed by atoms with Crippen LogP contribution >= 0.6 is 0 Å². The lowest BCUT2D eigenvalue weighted by Crippen LogP contribution is -2.33. The molecule has 86 valence electrons. The Bertz CT molecular complexity index is 249. The highest BCUT2D eigenvalue weighted by atomic mass is 16.6. The molecule has 0 radical (unpaired) electrons. The van der Waals surface area contributed by atoms with E-state index in [1.54, 1.807) is 0 Å². The van der Waals surface area contributed by atoms with Crippen molar-refractivity contribution in [2.45, 2.75) is 52.6 Å². The van der Waals surface area contributed by atoms with Gasteiger partial charge in [-0.1, -0.05) is 26.7 Å². The van der Waals surface area contributed by atoms with E-state index in [0.717, 1.165) is 18.3 Å². The van der Waals surface area contributed by atoms with E-state index in [1.165, 1.54) is 19.3 Å². The van der Waals surface area contributed by atoms with Gasteiger partial charge >= 0.3 is 5.97 Å². The predicted molar refractivity (Wildman–Crippen MR) is 59.3 cm³/mol. The highest BCUT2D eigenvalue weighted by Gasteiger charge is 2.47. The maximum Gasteiger partial charge on any atom is 0.309 e. The molecule has 0 aromatic heterocycles. The number of rotatable bonds is 2. The predicted octanol–water partition coefficient (Wildman–Crippen LogP) is 3.01. The molecule has 1 saturated heterocycles. The van der Waals surface area contributed by atoms with Crippen molar-refractivity contribution >= 4 is 5.97 Å². The maximum atomic E-state index is 11.7. The minimum atomic E-state index is 0.0699. The zero-order valence-electron chi connectivity index (χ0n) is 10.0. The van der Waals surface area contributed by atoms with Crippen molar-refractivity contribution in [3.63, 3.8) is 0 Å². The van der Waals surface area contributed by atoms with Crippen LogP contribution in [0.2, 0.25) is 0 Å². The van der Waals surface area contributed by atoms with E-state index in [-0.39, 0.29) is 18.0 Å². The molecule has 0 N–H and O–H groups in total. The Hall–Kier alpha value is -0.530. The first-order valence-corrected chi connectivity index (χ1v) is 6.37. The molecule has 2 nitrogen and oxygen atoms in total. The lowest BCUT2D eigenvalue weighted by molar-refractivity contribution is -0.144. The van der Waals surface area contributed by atoms with E-state index in [9.17, 15) is 4.79 Å². The Labute approximate surface area is 92.4 Å². The van der Waals surface area contributed by atoms with Crippen molar-refractivity contribution in [3.05, 3.63) is 0 Å². The summed E-state index contributed by atoms with van der Waals surface area (Å²) in [6.07, 6.45) is 4.90. The number of fused-ring (bicyclic) bond motifs is 1. The summed E-state index contributed by atoms with van der Waals surface area (Å²) in [4.78, 5) is 11.7. The first kappa shape index (κ1) is 11.0. The van der Waals surface area contributed by atoms with Crippen molar-refractivity contribution in [2.75, 3.05) is 0 Å². The molecule has 0 aromatic carbocycles. The van der Waals surface area contributed by atoms with E-state index < -0.39 is 0 Å². The molecular formula is C13H22O2. The van der Waals surface area contributed by atoms with Crippen LogP contribution in [0, 0.1) is 23.7 Å². The van der Waals surface area contributed by atoms with Crippen LogP contribution in [0.1, 0.15) is 46.5 Å². The molecular weight excluding hydrogens is 188 g/mol. The van der Waals surface area contributed by atoms with Crippen molar-refractivity contribution in [3.8, 4) is 0 Å². The molecule has 0 amide bonds. The second-order valence-corrected chi connectivity index (χ2v) is 5.22. The average molecular weight is 210 g/mol. The minimum Gasteiger partial charge on any atom is -0.462 e. The molecule has 3 unspecified atom stereocenters. The lowest BCUT2D eigenvalue weighted by Gasteiger charge is -2.36. The molecule has 1 aliphatic heterocycles. The van der Waals surface area contributed by atoms with Gasteiger partial charge in [-0.05, 0) is 31.6 Å². The third-order valence-electron chi connectivity index (χ3n) is 4.57. The van der Waals surface area contributed by atoms with Crippen LogP contribution in [-0.4, -0.2) is 12.1 Å². The fourth-order valence-electron chi connectivity index (χ4n) is 3.55. The minimum absolute atomic E-state index is 0.0699. The number of hydrogen-bond donors (Lipinski definition) is 0. The molecule has 2 heteroatoms. The summed E-state index contributed by atoms with van der Waals surface area (Å²) in [7, 11) is 0. The number of carbonyl (C=O) groups is 1. The first-order valence-electron chi connectivity index (χ1n) is 6.37. The van der Waals surface area contributed by atoms with Gasteiger partial charge in [0.25, 0.3) is 0 Å². The van der Waals surface area contributed by atoms with Crippen LogP contribution in [0.4, 0.5) is 0 Å². The molecule has 2 fully saturated rings. The van der Waals surface area contributed by atoms with E-state index >= 15 is 0 Å². The van der Waals surface area contributed by atoms with Gasteiger partial charge in [-0.2, -0.15) is 0 Å². The summed E-state index contributed by atoms with van der Waals surface area (Å²) in [6.45, 7) is 6.58. The lowest BCUT2D eigenvalue weighted by atomic mass is 9.66. The van der Waals surface area contributed by atoms with Gasteiger partial charge in [0.1, 0.15) is 6.10 Å². The van der Waals surface area contributed by atoms with Gasteiger partial charge in [0.15, 0.2) is 0 Å². The topological polar surface area (TPSA) is 26.3 Å². The standard InChI is InChI=1S/C13H22O2/c1-4-9-6-11-8(3)15-13(14)12(11)7-10(9)5-2/h8-12H,4-7H2,1-3H3/t8?,9-,10+,11?,12?/m0/s1. The quantitative estimate of drug-likeness (QED) is 0.655. The second kappa shape index (κ2) is 4.15. The van der Waals surface area contributed by atoms with Crippen molar-refractivity contribution in [2.24, 2.45) is 23.7 Å². The number of ether oxygens (including phenoxy) is 1. The molecule has 0 bridgehead atoms. The zero-order valence-corrected chi connectivity index (χ0v) is 10.0. The molecule has 1 aliphatic carbocycles. The summed E-state index contributed by atoms with van der Waals surface area (Å²) >= 11 is 0. The third kappa shape index (κ3) is 1.79. The molecule has 1 heterocycles. The number of cyclic esters (lactones) is 1. The van der Waals surface area contributed by atoms with E-state index in [4.69, 9.17) is 4.74 Å². The Morgan fingerprint density at radius 1 is 1.20 bits per heavy atom. The summed E-state index contributed by atoms with van der Waals surface area (Å²) in [6, 6.07) is 0. The second-order valence-electron chi connectivity index (χ2n) is 5.22. The first-order chi connectivity index (χ1) is 7.17. The molecule has 2 aliphatic rings. The van der Waals surface area contributed by atoms with Gasteiger partial charge in [-0.25, -0.2) is 0 Å². The van der Waals surface area contributed by atoms with Crippen LogP contribution in [-0.2, 0) is 9.53 Å². The Balaban J connectivity index is 2.12. The highest BCUT2D eigenvalue weighted by molar-refractivity contribution is 5.75. The van der Waals surface area contributed by atoms with Gasteiger partial charge in [0.2, 0.25) is 0 Å². The number of esters is 1. The van der Waals surface area contributed by atoms with E-state index in [1.807, 2.05) is 0 Å². The van der Waals surface area contributed by atoms with Gasteiger partial charge in [-0.3, -0.25) is 4.79 Å². The Morgan fingerprint density at radius 2 is 1.80 bits per heavy atom. The summed E-state index contributed by atoms with van der Waals surface area (Å²) in [5.74, 6) is 2.35. The van der Waals surface area contributed by atoms with Crippen LogP contribution in [0.5, 0.6) is 0 Å². The van der Waals surface area contributed by atoms with Gasteiger partial charge < -0.3 is 4.74 Å². The van der Waals surface area contributed by atoms with E-state index in [2.05, 4.69) is 20.8 Å². The van der Waals surface area contributed by atoms with E-state index in [0.29, 0.717) is 5.92 Å². The zero-order chi connectivity index (χ0) is 11.0. The van der Waals surface area contributed by atoms with Crippen LogP contribution < -0.4 is 0 Å². The molecule has 2 rings (SSSR count). The largest absolute Gasteiger partial charge is 0.462 e. The van der Waals surface area contributed by atoms with Crippen LogP contribution in [0.3, 0.4) is 0 Å². The van der Waals surface area contributed by atoms with Gasteiger partial charge in [0, 0.05) is 5.92 Å². The fraction of sp³-hybridized carbons (Fsp3) is 0.923. The van der Waals surface area contributed by atoms with Crippen LogP contribution in [0.15, 0.2) is 0 Å². The molecule has 15 heavy (non-hydrogen) atoms. The SMILES string of the molecule is CC[C@@H]1CC2C(=O)OC(C)C2C[C@@H]1CC. The smallest absolute Gasteiger partial charge is 0.309 e. The van der Waals surface area contributed by atoms with Crippen molar-refractivity contribution in [1.29, 1.82) is 0 Å². The van der Waals surface area contributed by atoms with Crippen LogP contribution in [0.25, 0.3) is 0 Å².